The summed E-state index contributed by atoms with van der Waals surface area (Å²) in [5.74, 6) is 0. The van der Waals surface area contributed by atoms with Gasteiger partial charge in [0, 0.05) is 29.5 Å². The molecular weight excluding hydrogens is 328 g/mol. The number of unbranched alkanes of at least 4 members (excludes halogenated alkanes) is 10. The van der Waals surface area contributed by atoms with Gasteiger partial charge in [0.1, 0.15) is 0 Å². The maximum atomic E-state index is 6.26. The van der Waals surface area contributed by atoms with E-state index < -0.39 is 0 Å². The van der Waals surface area contributed by atoms with Gasteiger partial charge in [-0.3, -0.25) is 0 Å². The van der Waals surface area contributed by atoms with Gasteiger partial charge in [0.25, 0.3) is 0 Å². The molecule has 0 spiro atoms. The van der Waals surface area contributed by atoms with E-state index in [-0.39, 0.29) is 0 Å². The van der Waals surface area contributed by atoms with Gasteiger partial charge in [0.05, 0.1) is 0 Å². The molecule has 0 amide bonds. The summed E-state index contributed by atoms with van der Waals surface area (Å²) in [6.45, 7) is 6.59. The highest BCUT2D eigenvalue weighted by molar-refractivity contribution is 6.31. The van der Waals surface area contributed by atoms with Crippen LogP contribution < -0.4 is 10.6 Å². The second-order valence-electron chi connectivity index (χ2n) is 7.12. The minimum atomic E-state index is 0.804. The van der Waals surface area contributed by atoms with Gasteiger partial charge in [-0.1, -0.05) is 89.7 Å². The third-order valence-electron chi connectivity index (χ3n) is 4.62. The van der Waals surface area contributed by atoms with Crippen LogP contribution in [0.15, 0.2) is 18.2 Å². The monoisotopic (exact) mass is 366 g/mol. The third-order valence-corrected chi connectivity index (χ3v) is 4.83. The highest BCUT2D eigenvalue weighted by Crippen LogP contribution is 2.23. The maximum Gasteiger partial charge on any atom is 0.0447 e. The first-order valence-electron chi connectivity index (χ1n) is 10.5. The molecule has 0 aliphatic carbocycles. The summed E-state index contributed by atoms with van der Waals surface area (Å²) in [6.07, 6.45) is 15.9. The largest absolute Gasteiger partial charge is 0.385 e. The predicted molar refractivity (Wildman–Crippen MR) is 115 cm³/mol. The molecule has 1 aromatic carbocycles. The van der Waals surface area contributed by atoms with Gasteiger partial charge < -0.3 is 10.6 Å². The average molecular weight is 367 g/mol. The summed E-state index contributed by atoms with van der Waals surface area (Å²) in [4.78, 5) is 0. The lowest BCUT2D eigenvalue weighted by atomic mass is 10.1. The Morgan fingerprint density at radius 2 is 1.00 bits per heavy atom. The topological polar surface area (TPSA) is 24.1 Å². The summed E-state index contributed by atoms with van der Waals surface area (Å²) in [5, 5.41) is 7.84. The Morgan fingerprint density at radius 1 is 0.600 bits per heavy atom. The first-order valence-corrected chi connectivity index (χ1v) is 10.9. The Morgan fingerprint density at radius 3 is 1.44 bits per heavy atom. The Bertz CT molecular complexity index is 398. The van der Waals surface area contributed by atoms with E-state index in [0.29, 0.717) is 0 Å². The zero-order chi connectivity index (χ0) is 18.2. The summed E-state index contributed by atoms with van der Waals surface area (Å²) < 4.78 is 0. The van der Waals surface area contributed by atoms with E-state index >= 15 is 0 Å². The van der Waals surface area contributed by atoms with Gasteiger partial charge in [-0.15, -0.1) is 0 Å². The van der Waals surface area contributed by atoms with E-state index in [9.17, 15) is 0 Å². The molecule has 0 saturated heterocycles. The van der Waals surface area contributed by atoms with E-state index in [4.69, 9.17) is 11.6 Å². The first kappa shape index (κ1) is 22.2. The fourth-order valence-electron chi connectivity index (χ4n) is 3.07. The lowest BCUT2D eigenvalue weighted by Gasteiger charge is -2.11. The van der Waals surface area contributed by atoms with Crippen LogP contribution in [0.2, 0.25) is 5.02 Å². The van der Waals surface area contributed by atoms with Crippen molar-refractivity contribution >= 4 is 23.0 Å². The van der Waals surface area contributed by atoms with Gasteiger partial charge in [0.15, 0.2) is 0 Å². The van der Waals surface area contributed by atoms with Gasteiger partial charge in [-0.25, -0.2) is 0 Å². The molecule has 0 bridgehead atoms. The van der Waals surface area contributed by atoms with E-state index in [1.165, 1.54) is 77.0 Å². The fourth-order valence-corrected chi connectivity index (χ4v) is 3.30. The minimum Gasteiger partial charge on any atom is -0.385 e. The van der Waals surface area contributed by atoms with Crippen LogP contribution in [-0.4, -0.2) is 13.1 Å². The summed E-state index contributed by atoms with van der Waals surface area (Å²) >= 11 is 6.26. The summed E-state index contributed by atoms with van der Waals surface area (Å²) in [5.41, 5.74) is 2.26. The molecule has 0 unspecified atom stereocenters. The third kappa shape index (κ3) is 12.2. The molecule has 3 heteroatoms. The van der Waals surface area contributed by atoms with Crippen LogP contribution in [-0.2, 0) is 0 Å². The smallest absolute Gasteiger partial charge is 0.0447 e. The minimum absolute atomic E-state index is 0.804. The molecule has 0 radical (unpaired) electrons. The molecule has 2 N–H and O–H groups in total. The molecule has 0 aliphatic rings. The van der Waals surface area contributed by atoms with E-state index in [2.05, 4.69) is 30.5 Å². The van der Waals surface area contributed by atoms with Crippen LogP contribution in [0, 0.1) is 0 Å². The lowest BCUT2D eigenvalue weighted by molar-refractivity contribution is 0.617. The number of halogens is 1. The molecule has 1 aromatic rings. The quantitative estimate of drug-likeness (QED) is 0.290. The van der Waals surface area contributed by atoms with Crippen LogP contribution in [0.1, 0.15) is 90.9 Å². The summed E-state index contributed by atoms with van der Waals surface area (Å²) in [6, 6.07) is 6.23. The highest BCUT2D eigenvalue weighted by atomic mass is 35.5. The number of benzene rings is 1. The number of anilines is 2. The zero-order valence-electron chi connectivity index (χ0n) is 16.5. The van der Waals surface area contributed by atoms with Crippen molar-refractivity contribution in [2.24, 2.45) is 0 Å². The van der Waals surface area contributed by atoms with Crippen molar-refractivity contribution in [1.29, 1.82) is 0 Å². The molecule has 0 atom stereocenters. The Balaban J connectivity index is 2.19. The van der Waals surface area contributed by atoms with Crippen molar-refractivity contribution in [3.8, 4) is 0 Å². The van der Waals surface area contributed by atoms with Gasteiger partial charge >= 0.3 is 0 Å². The standard InChI is InChI=1S/C22H39ClN2/c1-3-5-7-9-11-13-15-24-21-17-20(23)18-22(19-21)25-16-14-12-10-8-6-4-2/h17-19,24-25H,3-16H2,1-2H3. The molecule has 1 rings (SSSR count). The molecule has 144 valence electrons. The normalized spacial score (nSPS) is 10.8. The lowest BCUT2D eigenvalue weighted by Crippen LogP contribution is -2.04. The molecule has 0 aromatic heterocycles. The highest BCUT2D eigenvalue weighted by Gasteiger charge is 2.00. The van der Waals surface area contributed by atoms with Crippen molar-refractivity contribution < 1.29 is 0 Å². The molecule has 0 saturated carbocycles. The maximum absolute atomic E-state index is 6.26. The van der Waals surface area contributed by atoms with Gasteiger partial charge in [-0.05, 0) is 31.0 Å². The molecule has 0 heterocycles. The van der Waals surface area contributed by atoms with Crippen LogP contribution in [0.25, 0.3) is 0 Å². The number of rotatable bonds is 16. The Labute approximate surface area is 161 Å². The summed E-state index contributed by atoms with van der Waals surface area (Å²) in [7, 11) is 0. The Hall–Kier alpha value is -0.890. The van der Waals surface area contributed by atoms with Crippen molar-refractivity contribution in [2.75, 3.05) is 23.7 Å². The molecular formula is C22H39ClN2. The second kappa shape index (κ2) is 15.4. The zero-order valence-corrected chi connectivity index (χ0v) is 17.3. The number of hydrogen-bond acceptors (Lipinski definition) is 2. The average Bonchev–Trinajstić information content (AvgIpc) is 2.60. The van der Waals surface area contributed by atoms with Crippen molar-refractivity contribution in [3.63, 3.8) is 0 Å². The van der Waals surface area contributed by atoms with Crippen LogP contribution in [0.3, 0.4) is 0 Å². The first-order chi connectivity index (χ1) is 12.3. The van der Waals surface area contributed by atoms with E-state index in [0.717, 1.165) is 29.5 Å². The second-order valence-corrected chi connectivity index (χ2v) is 7.55. The van der Waals surface area contributed by atoms with Crippen LogP contribution in [0.4, 0.5) is 11.4 Å². The molecule has 25 heavy (non-hydrogen) atoms. The molecule has 0 aliphatic heterocycles. The molecule has 2 nitrogen and oxygen atoms in total. The van der Waals surface area contributed by atoms with Crippen LogP contribution >= 0.6 is 11.6 Å². The van der Waals surface area contributed by atoms with Gasteiger partial charge in [-0.2, -0.15) is 0 Å². The number of hydrogen-bond donors (Lipinski definition) is 2. The Kier molecular flexibility index (Phi) is 13.6. The SMILES string of the molecule is CCCCCCCCNc1cc(Cl)cc(NCCCCCCCC)c1. The van der Waals surface area contributed by atoms with E-state index in [1.54, 1.807) is 0 Å². The van der Waals surface area contributed by atoms with Gasteiger partial charge in [0.2, 0.25) is 0 Å². The van der Waals surface area contributed by atoms with Crippen molar-refractivity contribution in [2.45, 2.75) is 90.9 Å². The molecule has 0 fully saturated rings. The van der Waals surface area contributed by atoms with Crippen molar-refractivity contribution in [1.82, 2.24) is 0 Å². The number of nitrogens with one attached hydrogen (secondary N) is 2. The van der Waals surface area contributed by atoms with E-state index in [1.807, 2.05) is 12.1 Å². The van der Waals surface area contributed by atoms with Crippen molar-refractivity contribution in [3.05, 3.63) is 23.2 Å². The fraction of sp³-hybridized carbons (Fsp3) is 0.727. The van der Waals surface area contributed by atoms with Crippen LogP contribution in [0.5, 0.6) is 0 Å². The predicted octanol–water partition coefficient (Wildman–Crippen LogP) is 7.88.